The molecule has 3 rings (SSSR count). The van der Waals surface area contributed by atoms with Crippen LogP contribution in [0.25, 0.3) is 11.2 Å². The lowest BCUT2D eigenvalue weighted by Crippen LogP contribution is -2.29. The number of hydrogen-bond acceptors (Lipinski definition) is 5. The first-order chi connectivity index (χ1) is 11.1. The van der Waals surface area contributed by atoms with Crippen LogP contribution in [-0.4, -0.2) is 25.3 Å². The van der Waals surface area contributed by atoms with Gasteiger partial charge in [0.05, 0.1) is 12.2 Å². The van der Waals surface area contributed by atoms with Crippen LogP contribution in [0.3, 0.4) is 0 Å². The summed E-state index contributed by atoms with van der Waals surface area (Å²) >= 11 is 3.30. The quantitative estimate of drug-likeness (QED) is 0.407. The van der Waals surface area contributed by atoms with Gasteiger partial charge < -0.3 is 4.57 Å². The number of nitrogens with one attached hydrogen (secondary N) is 2. The van der Waals surface area contributed by atoms with Crippen molar-refractivity contribution in [3.05, 3.63) is 55.9 Å². The van der Waals surface area contributed by atoms with Gasteiger partial charge >= 0.3 is 5.69 Å². The van der Waals surface area contributed by atoms with Gasteiger partial charge in [-0.1, -0.05) is 18.2 Å². The van der Waals surface area contributed by atoms with Gasteiger partial charge in [-0.2, -0.15) is 5.10 Å². The highest BCUT2D eigenvalue weighted by Crippen LogP contribution is 2.15. The van der Waals surface area contributed by atoms with E-state index in [1.165, 1.54) is 4.57 Å². The maximum atomic E-state index is 12.0. The normalized spacial score (nSPS) is 11.4. The fourth-order valence-electron chi connectivity index (χ4n) is 2.13. The summed E-state index contributed by atoms with van der Waals surface area (Å²) in [5.74, 6) is 0. The van der Waals surface area contributed by atoms with Crippen LogP contribution in [0.1, 0.15) is 0 Å². The van der Waals surface area contributed by atoms with Crippen molar-refractivity contribution in [3.63, 3.8) is 0 Å². The zero-order chi connectivity index (χ0) is 16.4. The van der Waals surface area contributed by atoms with E-state index in [4.69, 9.17) is 0 Å². The minimum Gasteiger partial charge on any atom is -0.307 e. The van der Waals surface area contributed by atoms with E-state index >= 15 is 0 Å². The molecule has 0 radical (unpaired) electrons. The van der Waals surface area contributed by atoms with E-state index in [0.717, 1.165) is 5.69 Å². The van der Waals surface area contributed by atoms with Gasteiger partial charge in [0.25, 0.3) is 5.56 Å². The van der Waals surface area contributed by atoms with Crippen LogP contribution in [0.4, 0.5) is 5.69 Å². The Balaban J connectivity index is 1.89. The van der Waals surface area contributed by atoms with Gasteiger partial charge in [0.1, 0.15) is 0 Å². The predicted octanol–water partition coefficient (Wildman–Crippen LogP) is 1.28. The average molecular weight is 377 g/mol. The van der Waals surface area contributed by atoms with Crippen molar-refractivity contribution in [2.45, 2.75) is 6.54 Å². The Morgan fingerprint density at radius 1 is 1.35 bits per heavy atom. The van der Waals surface area contributed by atoms with E-state index in [1.807, 2.05) is 30.3 Å². The summed E-state index contributed by atoms with van der Waals surface area (Å²) in [4.78, 5) is 30.1. The van der Waals surface area contributed by atoms with Crippen molar-refractivity contribution in [1.29, 1.82) is 0 Å². The van der Waals surface area contributed by atoms with Crippen LogP contribution in [0.2, 0.25) is 0 Å². The number of hydrazone groups is 1. The molecule has 0 aliphatic heterocycles. The number of aromatic amines is 1. The van der Waals surface area contributed by atoms with Crippen molar-refractivity contribution in [1.82, 2.24) is 19.1 Å². The predicted molar refractivity (Wildman–Crippen MR) is 91.9 cm³/mol. The lowest BCUT2D eigenvalue weighted by atomic mass is 10.3. The van der Waals surface area contributed by atoms with Gasteiger partial charge in [-0.25, -0.2) is 9.78 Å². The van der Waals surface area contributed by atoms with Crippen LogP contribution in [0, 0.1) is 0 Å². The van der Waals surface area contributed by atoms with E-state index in [-0.39, 0.29) is 0 Å². The number of anilines is 1. The van der Waals surface area contributed by atoms with Gasteiger partial charge in [0.15, 0.2) is 15.9 Å². The minimum absolute atomic E-state index is 0.310. The van der Waals surface area contributed by atoms with Crippen LogP contribution in [-0.2, 0) is 13.6 Å². The molecule has 0 aliphatic carbocycles. The van der Waals surface area contributed by atoms with E-state index in [9.17, 15) is 9.59 Å². The number of hydrogen-bond donors (Lipinski definition) is 2. The van der Waals surface area contributed by atoms with Gasteiger partial charge in [-0.05, 0) is 28.1 Å². The molecule has 2 heterocycles. The fraction of sp³-hybridized carbons (Fsp3) is 0.143. The summed E-state index contributed by atoms with van der Waals surface area (Å²) in [6, 6.07) is 9.50. The Labute approximate surface area is 138 Å². The molecule has 1 aromatic carbocycles. The van der Waals surface area contributed by atoms with Crippen LogP contribution in [0.5, 0.6) is 0 Å². The molecular formula is C14H13BrN6O2. The van der Waals surface area contributed by atoms with Gasteiger partial charge in [-0.15, -0.1) is 0 Å². The Morgan fingerprint density at radius 2 is 2.09 bits per heavy atom. The summed E-state index contributed by atoms with van der Waals surface area (Å²) in [6.45, 7) is 0.318. The molecule has 0 spiro atoms. The van der Waals surface area contributed by atoms with E-state index in [2.05, 4.69) is 36.4 Å². The third kappa shape index (κ3) is 2.95. The molecule has 0 amide bonds. The summed E-state index contributed by atoms with van der Waals surface area (Å²) in [5.41, 5.74) is 3.39. The Morgan fingerprint density at radius 3 is 2.83 bits per heavy atom. The third-order valence-electron chi connectivity index (χ3n) is 3.28. The summed E-state index contributed by atoms with van der Waals surface area (Å²) < 4.78 is 3.37. The molecular weight excluding hydrogens is 364 g/mol. The molecule has 0 saturated carbocycles. The lowest BCUT2D eigenvalue weighted by molar-refractivity contribution is 0.824. The Hall–Kier alpha value is -2.68. The van der Waals surface area contributed by atoms with Crippen LogP contribution in [0.15, 0.2) is 49.8 Å². The molecule has 0 unspecified atom stereocenters. The number of fused-ring (bicyclic) bond motifs is 1. The number of imidazole rings is 1. The second-order valence-corrected chi connectivity index (χ2v) is 5.48. The molecule has 23 heavy (non-hydrogen) atoms. The molecule has 8 nitrogen and oxygen atoms in total. The second-order valence-electron chi connectivity index (χ2n) is 4.77. The molecule has 2 aromatic heterocycles. The number of aryl methyl sites for hydroxylation is 1. The lowest BCUT2D eigenvalue weighted by Gasteiger charge is -2.02. The molecule has 9 heteroatoms. The Bertz CT molecular complexity index is 986. The molecule has 0 fully saturated rings. The molecule has 0 bridgehead atoms. The summed E-state index contributed by atoms with van der Waals surface area (Å²) in [6.07, 6.45) is 1.61. The van der Waals surface area contributed by atoms with Gasteiger partial charge in [-0.3, -0.25) is 19.8 Å². The summed E-state index contributed by atoms with van der Waals surface area (Å²) in [7, 11) is 1.55. The van der Waals surface area contributed by atoms with Crippen LogP contribution < -0.4 is 16.7 Å². The van der Waals surface area contributed by atoms with E-state index in [0.29, 0.717) is 22.4 Å². The Kier molecular flexibility index (Phi) is 4.11. The van der Waals surface area contributed by atoms with Gasteiger partial charge in [0.2, 0.25) is 0 Å². The molecule has 2 N–H and O–H groups in total. The monoisotopic (exact) mass is 376 g/mol. The number of benzene rings is 1. The number of halogens is 1. The maximum absolute atomic E-state index is 12.0. The van der Waals surface area contributed by atoms with Crippen molar-refractivity contribution in [2.24, 2.45) is 12.1 Å². The highest BCUT2D eigenvalue weighted by atomic mass is 79.9. The van der Waals surface area contributed by atoms with Crippen LogP contribution >= 0.6 is 15.9 Å². The number of H-pyrrole nitrogens is 1. The first-order valence-corrected chi connectivity index (χ1v) is 7.55. The fourth-order valence-corrected chi connectivity index (χ4v) is 2.62. The van der Waals surface area contributed by atoms with Crippen molar-refractivity contribution in [3.8, 4) is 0 Å². The molecule has 0 atom stereocenters. The topological polar surface area (TPSA) is 97.1 Å². The number of para-hydroxylation sites is 1. The molecule has 118 valence electrons. The molecule has 3 aromatic rings. The average Bonchev–Trinajstić information content (AvgIpc) is 2.88. The highest BCUT2D eigenvalue weighted by molar-refractivity contribution is 9.10. The zero-order valence-electron chi connectivity index (χ0n) is 12.2. The SMILES string of the molecule is Cn1c(=O)[nH]c(=O)c2c1nc(Br)n2CC=NNc1ccccc1. The molecule has 0 aliphatic rings. The largest absolute Gasteiger partial charge is 0.329 e. The first kappa shape index (κ1) is 15.2. The molecule has 0 saturated heterocycles. The maximum Gasteiger partial charge on any atom is 0.329 e. The van der Waals surface area contributed by atoms with Crippen molar-refractivity contribution < 1.29 is 0 Å². The van der Waals surface area contributed by atoms with E-state index < -0.39 is 11.2 Å². The first-order valence-electron chi connectivity index (χ1n) is 6.75. The summed E-state index contributed by atoms with van der Waals surface area (Å²) in [5, 5.41) is 4.11. The number of rotatable bonds is 4. The second kappa shape index (κ2) is 6.21. The van der Waals surface area contributed by atoms with E-state index in [1.54, 1.807) is 17.8 Å². The highest BCUT2D eigenvalue weighted by Gasteiger charge is 2.14. The van der Waals surface area contributed by atoms with Crippen molar-refractivity contribution >= 4 is 39.0 Å². The standard InChI is InChI=1S/C14H13BrN6O2/c1-20-11-10(12(22)18-14(20)23)21(13(15)17-11)8-7-16-19-9-5-3-2-4-6-9/h2-7,19H,8H2,1H3,(H,18,22,23). The third-order valence-corrected chi connectivity index (χ3v) is 3.89. The van der Waals surface area contributed by atoms with Gasteiger partial charge in [0, 0.05) is 13.3 Å². The smallest absolute Gasteiger partial charge is 0.307 e. The number of aromatic nitrogens is 4. The minimum atomic E-state index is -0.501. The number of nitrogens with zero attached hydrogens (tertiary/aromatic N) is 4. The zero-order valence-corrected chi connectivity index (χ0v) is 13.7. The van der Waals surface area contributed by atoms with Crippen molar-refractivity contribution in [2.75, 3.05) is 5.43 Å².